The topological polar surface area (TPSA) is 49.9 Å². The van der Waals surface area contributed by atoms with Crippen LogP contribution < -0.4 is 15.0 Å². The quantitative estimate of drug-likeness (QED) is 0.496. The van der Waals surface area contributed by atoms with Crippen molar-refractivity contribution in [3.8, 4) is 27.6 Å². The lowest BCUT2D eigenvalue weighted by Gasteiger charge is -2.29. The number of hydrogen-bond acceptors (Lipinski definition) is 7. The Morgan fingerprint density at radius 3 is 2.59 bits per heavy atom. The number of likely N-dealkylation sites (N-methyl/N-ethyl adjacent to an activating group) is 1. The monoisotopic (exact) mass is 452 g/mol. The Balaban J connectivity index is 1.62. The first kappa shape index (κ1) is 22.7. The summed E-state index contributed by atoms with van der Waals surface area (Å²) in [6, 6.07) is 16.9. The highest BCUT2D eigenvalue weighted by atomic mass is 32.1. The van der Waals surface area contributed by atoms with Crippen LogP contribution in [0.1, 0.15) is 4.88 Å². The predicted molar refractivity (Wildman–Crippen MR) is 133 cm³/mol. The molecule has 1 aliphatic rings. The van der Waals surface area contributed by atoms with E-state index in [2.05, 4.69) is 65.6 Å². The summed E-state index contributed by atoms with van der Waals surface area (Å²) < 4.78 is 10.8. The van der Waals surface area contributed by atoms with Gasteiger partial charge in [-0.1, -0.05) is 12.1 Å². The molecule has 0 aliphatic carbocycles. The molecule has 1 aromatic heterocycles. The van der Waals surface area contributed by atoms with Crippen molar-refractivity contribution in [2.24, 2.45) is 0 Å². The number of aromatic nitrogens is 1. The SMILES string of the molecule is COc1ccc(-c2nc(-c3cccc(N4CCOCC4)c3)sc2CNCCN(C)C)cc1. The third-order valence-corrected chi connectivity index (χ3v) is 6.66. The van der Waals surface area contributed by atoms with Gasteiger partial charge < -0.3 is 24.6 Å². The minimum absolute atomic E-state index is 0.784. The zero-order valence-electron chi connectivity index (χ0n) is 19.1. The van der Waals surface area contributed by atoms with Crippen molar-refractivity contribution in [3.05, 3.63) is 53.4 Å². The molecule has 0 bridgehead atoms. The molecule has 0 unspecified atom stereocenters. The van der Waals surface area contributed by atoms with E-state index in [-0.39, 0.29) is 0 Å². The van der Waals surface area contributed by atoms with Crippen LogP contribution >= 0.6 is 11.3 Å². The van der Waals surface area contributed by atoms with Crippen molar-refractivity contribution < 1.29 is 9.47 Å². The van der Waals surface area contributed by atoms with E-state index in [0.717, 1.165) is 73.5 Å². The second-order valence-electron chi connectivity index (χ2n) is 8.15. The molecule has 0 spiro atoms. The molecule has 2 heterocycles. The van der Waals surface area contributed by atoms with Crippen LogP contribution in [0.15, 0.2) is 48.5 Å². The smallest absolute Gasteiger partial charge is 0.124 e. The van der Waals surface area contributed by atoms with E-state index in [1.54, 1.807) is 18.4 Å². The van der Waals surface area contributed by atoms with Gasteiger partial charge in [-0.15, -0.1) is 11.3 Å². The van der Waals surface area contributed by atoms with Crippen LogP contribution in [-0.4, -0.2) is 70.5 Å². The normalized spacial score (nSPS) is 14.2. The Bertz CT molecular complexity index is 997. The Hall–Kier alpha value is -2.45. The zero-order valence-corrected chi connectivity index (χ0v) is 20.0. The third-order valence-electron chi connectivity index (χ3n) is 5.55. The number of morpholine rings is 1. The molecule has 0 atom stereocenters. The second-order valence-corrected chi connectivity index (χ2v) is 9.23. The fourth-order valence-corrected chi connectivity index (χ4v) is 4.78. The summed E-state index contributed by atoms with van der Waals surface area (Å²) >= 11 is 1.77. The maximum absolute atomic E-state index is 5.51. The number of nitrogens with zero attached hydrogens (tertiary/aromatic N) is 3. The zero-order chi connectivity index (χ0) is 22.3. The molecule has 4 rings (SSSR count). The molecule has 32 heavy (non-hydrogen) atoms. The molecule has 0 amide bonds. The van der Waals surface area contributed by atoms with Gasteiger partial charge in [0.15, 0.2) is 0 Å². The van der Waals surface area contributed by atoms with Gasteiger partial charge >= 0.3 is 0 Å². The first-order chi connectivity index (χ1) is 15.6. The fraction of sp³-hybridized carbons (Fsp3) is 0.400. The number of hydrogen-bond donors (Lipinski definition) is 1. The van der Waals surface area contributed by atoms with Gasteiger partial charge in [-0.2, -0.15) is 0 Å². The number of anilines is 1. The van der Waals surface area contributed by atoms with Gasteiger partial charge in [0.05, 0.1) is 26.0 Å². The number of nitrogens with one attached hydrogen (secondary N) is 1. The highest BCUT2D eigenvalue weighted by Crippen LogP contribution is 2.35. The summed E-state index contributed by atoms with van der Waals surface area (Å²) in [5, 5.41) is 4.63. The van der Waals surface area contributed by atoms with E-state index in [0.29, 0.717) is 0 Å². The summed E-state index contributed by atoms with van der Waals surface area (Å²) in [5.74, 6) is 0.855. The van der Waals surface area contributed by atoms with E-state index >= 15 is 0 Å². The minimum atomic E-state index is 0.784. The molecule has 7 heteroatoms. The largest absolute Gasteiger partial charge is 0.497 e. The van der Waals surface area contributed by atoms with Gasteiger partial charge in [0.25, 0.3) is 0 Å². The van der Waals surface area contributed by atoms with Gasteiger partial charge in [0.2, 0.25) is 0 Å². The van der Waals surface area contributed by atoms with E-state index in [9.17, 15) is 0 Å². The molecule has 1 fully saturated rings. The van der Waals surface area contributed by atoms with Crippen LogP contribution in [0, 0.1) is 0 Å². The molecule has 2 aromatic carbocycles. The highest BCUT2D eigenvalue weighted by Gasteiger charge is 2.17. The van der Waals surface area contributed by atoms with Crippen molar-refractivity contribution in [1.82, 2.24) is 15.2 Å². The number of ether oxygens (including phenoxy) is 2. The van der Waals surface area contributed by atoms with E-state index in [1.165, 1.54) is 10.6 Å². The summed E-state index contributed by atoms with van der Waals surface area (Å²) in [7, 11) is 5.88. The lowest BCUT2D eigenvalue weighted by Crippen LogP contribution is -2.36. The maximum atomic E-state index is 5.51. The average Bonchev–Trinajstić information content (AvgIpc) is 3.27. The van der Waals surface area contributed by atoms with Crippen molar-refractivity contribution >= 4 is 17.0 Å². The first-order valence-corrected chi connectivity index (χ1v) is 11.9. The van der Waals surface area contributed by atoms with Gasteiger partial charge in [0, 0.05) is 54.4 Å². The van der Waals surface area contributed by atoms with Gasteiger partial charge in [-0.25, -0.2) is 4.98 Å². The van der Waals surface area contributed by atoms with Crippen molar-refractivity contribution in [2.45, 2.75) is 6.54 Å². The van der Waals surface area contributed by atoms with Crippen molar-refractivity contribution in [2.75, 3.05) is 65.5 Å². The van der Waals surface area contributed by atoms with E-state index < -0.39 is 0 Å². The maximum Gasteiger partial charge on any atom is 0.124 e. The second kappa shape index (κ2) is 10.9. The summed E-state index contributed by atoms with van der Waals surface area (Å²) in [5.41, 5.74) is 4.55. The van der Waals surface area contributed by atoms with Crippen molar-refractivity contribution in [1.29, 1.82) is 0 Å². The number of benzene rings is 2. The standard InChI is InChI=1S/C25H32N4O2S/c1-28(2)12-11-26-18-23-24(19-7-9-22(30-3)10-8-19)27-25(32-23)20-5-4-6-21(17-20)29-13-15-31-16-14-29/h4-10,17,26H,11-16,18H2,1-3H3. The summed E-state index contributed by atoms with van der Waals surface area (Å²) in [4.78, 5) is 10.9. The molecule has 1 aliphatic heterocycles. The first-order valence-electron chi connectivity index (χ1n) is 11.1. The highest BCUT2D eigenvalue weighted by molar-refractivity contribution is 7.15. The molecule has 0 radical (unpaired) electrons. The molecule has 0 saturated carbocycles. The number of thiazole rings is 1. The van der Waals surface area contributed by atoms with E-state index in [4.69, 9.17) is 14.5 Å². The predicted octanol–water partition coefficient (Wildman–Crippen LogP) is 3.97. The Kier molecular flexibility index (Phi) is 7.76. The van der Waals surface area contributed by atoms with Crippen LogP contribution in [0.5, 0.6) is 5.75 Å². The average molecular weight is 453 g/mol. The Morgan fingerprint density at radius 1 is 1.09 bits per heavy atom. The molecule has 6 nitrogen and oxygen atoms in total. The van der Waals surface area contributed by atoms with E-state index in [1.807, 2.05) is 12.1 Å². The molecule has 1 N–H and O–H groups in total. The lowest BCUT2D eigenvalue weighted by molar-refractivity contribution is 0.122. The van der Waals surface area contributed by atoms with Crippen LogP contribution in [0.2, 0.25) is 0 Å². The van der Waals surface area contributed by atoms with Crippen LogP contribution in [0.25, 0.3) is 21.8 Å². The van der Waals surface area contributed by atoms with Crippen molar-refractivity contribution in [3.63, 3.8) is 0 Å². The van der Waals surface area contributed by atoms with Crippen LogP contribution in [0.4, 0.5) is 5.69 Å². The molecule has 3 aromatic rings. The van der Waals surface area contributed by atoms with Gasteiger partial charge in [-0.3, -0.25) is 0 Å². The number of methoxy groups -OCH3 is 1. The lowest BCUT2D eigenvalue weighted by atomic mass is 10.1. The number of rotatable bonds is 9. The third kappa shape index (κ3) is 5.66. The minimum Gasteiger partial charge on any atom is -0.497 e. The molecule has 170 valence electrons. The van der Waals surface area contributed by atoms with Gasteiger partial charge in [0.1, 0.15) is 10.8 Å². The van der Waals surface area contributed by atoms with Gasteiger partial charge in [-0.05, 0) is 50.5 Å². The molecule has 1 saturated heterocycles. The fourth-order valence-electron chi connectivity index (χ4n) is 3.73. The van der Waals surface area contributed by atoms with Crippen LogP contribution in [-0.2, 0) is 11.3 Å². The summed E-state index contributed by atoms with van der Waals surface area (Å²) in [6.45, 7) is 6.17. The molecular formula is C25H32N4O2S. The Labute approximate surface area is 194 Å². The molecular weight excluding hydrogens is 420 g/mol. The van der Waals surface area contributed by atoms with Crippen LogP contribution in [0.3, 0.4) is 0 Å². The summed E-state index contributed by atoms with van der Waals surface area (Å²) in [6.07, 6.45) is 0. The Morgan fingerprint density at radius 2 is 1.88 bits per heavy atom.